The highest BCUT2D eigenvalue weighted by Gasteiger charge is 2.23. The predicted molar refractivity (Wildman–Crippen MR) is 160 cm³/mol. The fraction of sp³-hybridized carbons (Fsp3) is 0.407. The molecule has 226 valence electrons. The largest absolute Gasteiger partial charge is 0.369 e. The number of rotatable bonds is 3. The first-order valence-corrected chi connectivity index (χ1v) is 16.1. The standard InChI is InChI=1S/C25H30FN5.2CH4O3S/c1-24(2,3)14-31-19-13-16(9-12-18(19)28-23(31)27)21-20(15-7-10-17(26)11-8-15)29-22(30-21)25(4,5)6;2*1-5(2,3)4/h7-13H,14H2,1-6H3,(H2,27,28)(H,29,30);2*1H3,(H,2,3,4). The van der Waals surface area contributed by atoms with Crippen LogP contribution in [0.1, 0.15) is 47.4 Å². The molecule has 0 unspecified atom stereocenters. The normalized spacial score (nSPS) is 12.4. The molecule has 2 heterocycles. The van der Waals surface area contributed by atoms with E-state index in [-0.39, 0.29) is 16.6 Å². The molecule has 0 radical (unpaired) electrons. The van der Waals surface area contributed by atoms with Crippen molar-refractivity contribution >= 4 is 37.2 Å². The lowest BCUT2D eigenvalue weighted by Crippen LogP contribution is -2.17. The smallest absolute Gasteiger partial charge is 0.261 e. The average Bonchev–Trinajstić information content (AvgIpc) is 3.33. The van der Waals surface area contributed by atoms with Crippen molar-refractivity contribution in [3.8, 4) is 22.5 Å². The number of aromatic amines is 1. The maximum absolute atomic E-state index is 13.5. The number of nitrogen functional groups attached to an aromatic ring is 1. The third-order valence-corrected chi connectivity index (χ3v) is 5.23. The topological polar surface area (TPSA) is 181 Å². The highest BCUT2D eigenvalue weighted by Crippen LogP contribution is 2.35. The van der Waals surface area contributed by atoms with E-state index in [4.69, 9.17) is 19.8 Å². The molecule has 0 saturated heterocycles. The fourth-order valence-corrected chi connectivity index (χ4v) is 3.69. The summed E-state index contributed by atoms with van der Waals surface area (Å²) in [6, 6.07) is 12.6. The molecule has 4 aromatic rings. The number of hydrogen-bond donors (Lipinski definition) is 4. The number of halogens is 1. The van der Waals surface area contributed by atoms with Gasteiger partial charge in [0.1, 0.15) is 11.6 Å². The zero-order valence-electron chi connectivity index (χ0n) is 24.4. The van der Waals surface area contributed by atoms with E-state index in [1.807, 2.05) is 12.1 Å². The lowest BCUT2D eigenvalue weighted by Gasteiger charge is -2.20. The monoisotopic (exact) mass is 611 g/mol. The molecule has 2 aromatic heterocycles. The van der Waals surface area contributed by atoms with E-state index in [1.165, 1.54) is 12.1 Å². The van der Waals surface area contributed by atoms with Crippen LogP contribution >= 0.6 is 0 Å². The van der Waals surface area contributed by atoms with Gasteiger partial charge < -0.3 is 15.3 Å². The Hall–Kier alpha value is -3.33. The Labute approximate surface area is 240 Å². The van der Waals surface area contributed by atoms with Crippen molar-refractivity contribution in [1.82, 2.24) is 19.5 Å². The van der Waals surface area contributed by atoms with Gasteiger partial charge in [-0.1, -0.05) is 47.6 Å². The first-order chi connectivity index (χ1) is 18.4. The van der Waals surface area contributed by atoms with Crippen molar-refractivity contribution in [2.24, 2.45) is 5.41 Å². The van der Waals surface area contributed by atoms with Crippen molar-refractivity contribution in [3.05, 3.63) is 54.1 Å². The van der Waals surface area contributed by atoms with Crippen LogP contribution < -0.4 is 5.73 Å². The van der Waals surface area contributed by atoms with E-state index < -0.39 is 20.2 Å². The van der Waals surface area contributed by atoms with Gasteiger partial charge in [-0.05, 0) is 41.8 Å². The molecular weight excluding hydrogens is 573 g/mol. The molecule has 4 rings (SSSR count). The second-order valence-corrected chi connectivity index (χ2v) is 14.8. The third-order valence-electron chi connectivity index (χ3n) is 5.23. The van der Waals surface area contributed by atoms with Gasteiger partial charge in [0, 0.05) is 23.1 Å². The van der Waals surface area contributed by atoms with Crippen LogP contribution in [-0.2, 0) is 32.2 Å². The summed E-state index contributed by atoms with van der Waals surface area (Å²) in [6.45, 7) is 13.6. The van der Waals surface area contributed by atoms with E-state index in [0.29, 0.717) is 18.5 Å². The molecular formula is C27H38FN5O6S2. The quantitative estimate of drug-likeness (QED) is 0.227. The van der Waals surface area contributed by atoms with Gasteiger partial charge in [0.25, 0.3) is 20.2 Å². The Morgan fingerprint density at radius 3 is 1.83 bits per heavy atom. The summed E-state index contributed by atoms with van der Waals surface area (Å²) < 4.78 is 67.3. The number of aromatic nitrogens is 4. The van der Waals surface area contributed by atoms with Crippen molar-refractivity contribution in [2.75, 3.05) is 18.2 Å². The van der Waals surface area contributed by atoms with Crippen molar-refractivity contribution in [2.45, 2.75) is 53.5 Å². The lowest BCUT2D eigenvalue weighted by atomic mass is 9.96. The summed E-state index contributed by atoms with van der Waals surface area (Å²) in [5.74, 6) is 1.13. The van der Waals surface area contributed by atoms with Crippen molar-refractivity contribution < 1.29 is 30.3 Å². The van der Waals surface area contributed by atoms with E-state index >= 15 is 0 Å². The number of anilines is 1. The van der Waals surface area contributed by atoms with Crippen molar-refractivity contribution in [3.63, 3.8) is 0 Å². The Kier molecular flexibility index (Phi) is 10.1. The molecule has 14 heteroatoms. The maximum Gasteiger partial charge on any atom is 0.261 e. The molecule has 0 aliphatic carbocycles. The van der Waals surface area contributed by atoms with E-state index in [0.717, 1.165) is 45.9 Å². The number of hydrogen-bond acceptors (Lipinski definition) is 7. The Morgan fingerprint density at radius 1 is 0.878 bits per heavy atom. The van der Waals surface area contributed by atoms with Crippen LogP contribution in [0.5, 0.6) is 0 Å². The molecule has 0 aliphatic rings. The highest BCUT2D eigenvalue weighted by atomic mass is 32.2. The van der Waals surface area contributed by atoms with Gasteiger partial charge in [-0.2, -0.15) is 16.8 Å². The van der Waals surface area contributed by atoms with E-state index in [1.54, 1.807) is 12.1 Å². The minimum absolute atomic E-state index is 0.0583. The first kappa shape index (κ1) is 33.9. The van der Waals surface area contributed by atoms with E-state index in [9.17, 15) is 21.2 Å². The van der Waals surface area contributed by atoms with Gasteiger partial charge in [-0.3, -0.25) is 9.11 Å². The molecule has 0 fully saturated rings. The third kappa shape index (κ3) is 11.2. The van der Waals surface area contributed by atoms with Gasteiger partial charge in [-0.25, -0.2) is 14.4 Å². The molecule has 2 aromatic carbocycles. The molecule has 0 amide bonds. The van der Waals surface area contributed by atoms with Crippen molar-refractivity contribution in [1.29, 1.82) is 0 Å². The number of benzene rings is 2. The number of nitrogens with two attached hydrogens (primary N) is 1. The van der Waals surface area contributed by atoms with Crippen LogP contribution in [0.3, 0.4) is 0 Å². The molecule has 11 nitrogen and oxygen atoms in total. The van der Waals surface area contributed by atoms with Gasteiger partial charge in [0.15, 0.2) is 0 Å². The molecule has 0 bridgehead atoms. The predicted octanol–water partition coefficient (Wildman–Crippen LogP) is 5.17. The van der Waals surface area contributed by atoms with Gasteiger partial charge in [0.05, 0.1) is 34.9 Å². The van der Waals surface area contributed by atoms with Gasteiger partial charge in [-0.15, -0.1) is 0 Å². The van der Waals surface area contributed by atoms with Gasteiger partial charge >= 0.3 is 0 Å². The number of imidazole rings is 2. The summed E-state index contributed by atoms with van der Waals surface area (Å²) in [4.78, 5) is 13.0. The highest BCUT2D eigenvalue weighted by molar-refractivity contribution is 7.85. The summed E-state index contributed by atoms with van der Waals surface area (Å²) in [7, 11) is -7.33. The SMILES string of the molecule is CC(C)(C)Cn1c(N)nc2ccc(-c3nc(C(C)(C)C)[nH]c3-c3ccc(F)cc3)cc21.CS(=O)(=O)O.CS(=O)(=O)O. The second-order valence-electron chi connectivity index (χ2n) is 11.9. The van der Waals surface area contributed by atoms with E-state index in [2.05, 4.69) is 62.1 Å². The van der Waals surface area contributed by atoms with Crippen LogP contribution in [0.15, 0.2) is 42.5 Å². The zero-order valence-corrected chi connectivity index (χ0v) is 26.0. The second kappa shape index (κ2) is 12.3. The summed E-state index contributed by atoms with van der Waals surface area (Å²) >= 11 is 0. The van der Waals surface area contributed by atoms with Gasteiger partial charge in [0.2, 0.25) is 5.95 Å². The Bertz CT molecular complexity index is 1670. The van der Waals surface area contributed by atoms with Crippen LogP contribution in [0.2, 0.25) is 0 Å². The molecule has 0 aliphatic heterocycles. The summed E-state index contributed by atoms with van der Waals surface area (Å²) in [6.07, 6.45) is 1.43. The average molecular weight is 612 g/mol. The molecule has 0 saturated carbocycles. The number of fused-ring (bicyclic) bond motifs is 1. The Balaban J connectivity index is 0.000000507. The lowest BCUT2D eigenvalue weighted by molar-refractivity contribution is 0.351. The minimum Gasteiger partial charge on any atom is -0.369 e. The van der Waals surface area contributed by atoms with Crippen LogP contribution in [0.25, 0.3) is 33.5 Å². The number of nitrogens with zero attached hydrogens (tertiary/aromatic N) is 3. The van der Waals surface area contributed by atoms with Crippen LogP contribution in [0, 0.1) is 11.2 Å². The molecule has 5 N–H and O–H groups in total. The Morgan fingerprint density at radius 2 is 1.37 bits per heavy atom. The first-order valence-electron chi connectivity index (χ1n) is 12.4. The minimum atomic E-state index is -3.67. The molecule has 0 atom stereocenters. The number of nitrogens with one attached hydrogen (secondary N) is 1. The maximum atomic E-state index is 13.5. The van der Waals surface area contributed by atoms with Crippen LogP contribution in [0.4, 0.5) is 10.3 Å². The molecule has 41 heavy (non-hydrogen) atoms. The summed E-state index contributed by atoms with van der Waals surface area (Å²) in [5, 5.41) is 0. The zero-order chi connectivity index (χ0) is 31.6. The fourth-order valence-electron chi connectivity index (χ4n) is 3.69. The molecule has 0 spiro atoms. The van der Waals surface area contributed by atoms with Crippen LogP contribution in [-0.4, -0.2) is 58.0 Å². The summed E-state index contributed by atoms with van der Waals surface area (Å²) in [5.41, 5.74) is 11.5. The number of H-pyrrole nitrogens is 1.